The zero-order chi connectivity index (χ0) is 26.9. The molecule has 0 fully saturated rings. The van der Waals surface area contributed by atoms with E-state index in [1.165, 1.54) is 0 Å². The highest BCUT2D eigenvalue weighted by atomic mass is 35.5. The Hall–Kier alpha value is -4.34. The van der Waals surface area contributed by atoms with Crippen LogP contribution < -0.4 is 5.73 Å². The highest BCUT2D eigenvalue weighted by Crippen LogP contribution is 2.30. The van der Waals surface area contributed by atoms with Crippen molar-refractivity contribution in [3.8, 4) is 0 Å². The number of H-pyrrole nitrogens is 1. The molecule has 3 aromatic heterocycles. The van der Waals surface area contributed by atoms with Gasteiger partial charge >= 0.3 is 0 Å². The maximum Gasteiger partial charge on any atom is 0.265 e. The summed E-state index contributed by atoms with van der Waals surface area (Å²) in [5.74, 6) is -0.465. The number of benzene rings is 3. The van der Waals surface area contributed by atoms with Crippen molar-refractivity contribution >= 4 is 49.2 Å². The molecule has 10 heteroatoms. The number of aromatic amines is 1. The molecular weight excluding hydrogens is 522 g/mol. The van der Waals surface area contributed by atoms with Crippen LogP contribution in [0.1, 0.15) is 16.2 Å². The van der Waals surface area contributed by atoms with E-state index in [1.54, 1.807) is 55.0 Å². The molecule has 8 nitrogen and oxygen atoms in total. The van der Waals surface area contributed by atoms with Crippen LogP contribution in [0.15, 0.2) is 107 Å². The van der Waals surface area contributed by atoms with Gasteiger partial charge in [-0.25, -0.2) is 13.4 Å². The van der Waals surface area contributed by atoms with Crippen LogP contribution in [-0.2, 0) is 23.4 Å². The van der Waals surface area contributed by atoms with Crippen molar-refractivity contribution in [3.63, 3.8) is 0 Å². The van der Waals surface area contributed by atoms with Crippen LogP contribution in [0.5, 0.6) is 0 Å². The molecule has 1 amide bonds. The number of nitrogens with one attached hydrogen (secondary N) is 1. The molecule has 6 rings (SSSR count). The molecule has 3 N–H and O–H groups in total. The number of aromatic nitrogens is 4. The van der Waals surface area contributed by atoms with Crippen molar-refractivity contribution in [1.82, 2.24) is 19.1 Å². The van der Waals surface area contributed by atoms with Crippen LogP contribution in [0.4, 0.5) is 0 Å². The monoisotopic (exact) mass is 545 g/mol. The molecule has 0 unspecified atom stereocenters. The Kier molecular flexibility index (Phi) is 6.79. The van der Waals surface area contributed by atoms with Gasteiger partial charge in [0.15, 0.2) is 0 Å². The van der Waals surface area contributed by atoms with Gasteiger partial charge in [0, 0.05) is 46.3 Å². The molecule has 6 aromatic rings. The number of primary amides is 1. The van der Waals surface area contributed by atoms with E-state index in [2.05, 4.69) is 9.97 Å². The number of nitrogens with zero attached hydrogens (tertiary/aromatic N) is 3. The third-order valence-electron chi connectivity index (χ3n) is 6.03. The Bertz CT molecular complexity index is 1870. The van der Waals surface area contributed by atoms with Crippen LogP contribution in [0.25, 0.3) is 21.8 Å². The fraction of sp³-hybridized carbons (Fsp3) is 0.0714. The van der Waals surface area contributed by atoms with Gasteiger partial charge in [-0.05, 0) is 42.5 Å². The number of sulfone groups is 1. The lowest BCUT2D eigenvalue weighted by Gasteiger charge is -2.02. The number of halogens is 1. The molecule has 192 valence electrons. The SMILES string of the molecule is Cn1cnc(Cn2cc(S(=O)(=O)c3ccccc3)c3ccccc32)c1.NC(=O)c1cc2cc(Cl)ccc2[nH]1. The third kappa shape index (κ3) is 5.06. The lowest BCUT2D eigenvalue weighted by molar-refractivity contribution is 0.0996. The van der Waals surface area contributed by atoms with E-state index < -0.39 is 15.7 Å². The van der Waals surface area contributed by atoms with E-state index >= 15 is 0 Å². The molecule has 0 aliphatic heterocycles. The highest BCUT2D eigenvalue weighted by Gasteiger charge is 2.23. The van der Waals surface area contributed by atoms with Gasteiger partial charge in [-0.1, -0.05) is 48.0 Å². The van der Waals surface area contributed by atoms with E-state index in [0.717, 1.165) is 27.5 Å². The summed E-state index contributed by atoms with van der Waals surface area (Å²) in [6, 6.07) is 23.1. The molecule has 0 saturated heterocycles. The minimum Gasteiger partial charge on any atom is -0.364 e. The van der Waals surface area contributed by atoms with Gasteiger partial charge in [0.1, 0.15) is 5.69 Å². The van der Waals surface area contributed by atoms with Gasteiger partial charge in [-0.3, -0.25) is 4.79 Å². The number of para-hydroxylation sites is 1. The Morgan fingerprint density at radius 3 is 2.45 bits per heavy atom. The fourth-order valence-corrected chi connectivity index (χ4v) is 5.92. The average Bonchev–Trinajstić information content (AvgIpc) is 3.62. The first kappa shape index (κ1) is 25.3. The number of fused-ring (bicyclic) bond motifs is 2. The number of hydrogen-bond acceptors (Lipinski definition) is 4. The third-order valence-corrected chi connectivity index (χ3v) is 8.07. The summed E-state index contributed by atoms with van der Waals surface area (Å²) in [5.41, 5.74) is 8.13. The van der Waals surface area contributed by atoms with E-state index in [0.29, 0.717) is 27.1 Å². The molecule has 0 bridgehead atoms. The predicted octanol–water partition coefficient (Wildman–Crippen LogP) is 5.18. The minimum absolute atomic E-state index is 0.302. The molecule has 3 aromatic carbocycles. The van der Waals surface area contributed by atoms with Gasteiger partial charge in [-0.15, -0.1) is 0 Å². The van der Waals surface area contributed by atoms with E-state index in [9.17, 15) is 13.2 Å². The standard InChI is InChI=1S/C19H17N3O2S.C9H7ClN2O/c1-21-11-15(20-14-21)12-22-13-19(17-9-5-6-10-18(17)22)25(23,24)16-7-3-2-4-8-16;10-6-1-2-7-5(3-6)4-8(12-7)9(11)13/h2-11,13-14H,12H2,1H3;1-4,12H,(H2,11,13). The van der Waals surface area contributed by atoms with Crippen LogP contribution in [0, 0.1) is 0 Å². The molecule has 0 aliphatic rings. The molecule has 0 atom stereocenters. The zero-order valence-corrected chi connectivity index (χ0v) is 21.9. The first-order valence-electron chi connectivity index (χ1n) is 11.7. The van der Waals surface area contributed by atoms with Crippen molar-refractivity contribution in [1.29, 1.82) is 0 Å². The largest absolute Gasteiger partial charge is 0.364 e. The summed E-state index contributed by atoms with van der Waals surface area (Å²) in [7, 11) is -1.67. The van der Waals surface area contributed by atoms with Crippen LogP contribution in [0.3, 0.4) is 0 Å². The highest BCUT2D eigenvalue weighted by molar-refractivity contribution is 7.91. The Morgan fingerprint density at radius 2 is 1.74 bits per heavy atom. The fourth-order valence-electron chi connectivity index (χ4n) is 4.24. The Morgan fingerprint density at radius 1 is 1.00 bits per heavy atom. The number of carbonyl (C=O) groups is 1. The van der Waals surface area contributed by atoms with Gasteiger partial charge in [0.2, 0.25) is 9.84 Å². The van der Waals surface area contributed by atoms with Gasteiger partial charge in [0.25, 0.3) is 5.91 Å². The lowest BCUT2D eigenvalue weighted by Crippen LogP contribution is -2.10. The van der Waals surface area contributed by atoms with Crippen molar-refractivity contribution in [2.45, 2.75) is 16.3 Å². The van der Waals surface area contributed by atoms with E-state index in [4.69, 9.17) is 17.3 Å². The van der Waals surface area contributed by atoms with Crippen molar-refractivity contribution in [3.05, 3.63) is 114 Å². The topological polar surface area (TPSA) is 116 Å². The van der Waals surface area contributed by atoms with E-state index in [-0.39, 0.29) is 0 Å². The molecular formula is C28H24ClN5O3S. The summed E-state index contributed by atoms with van der Waals surface area (Å²) < 4.78 is 30.0. The van der Waals surface area contributed by atoms with Crippen LogP contribution >= 0.6 is 11.6 Å². The lowest BCUT2D eigenvalue weighted by atomic mass is 10.2. The summed E-state index contributed by atoms with van der Waals surface area (Å²) in [4.78, 5) is 18.7. The number of imidazole rings is 1. The Labute approximate surface area is 224 Å². The number of carbonyl (C=O) groups excluding carboxylic acids is 1. The number of amides is 1. The smallest absolute Gasteiger partial charge is 0.265 e. The minimum atomic E-state index is -3.58. The zero-order valence-electron chi connectivity index (χ0n) is 20.4. The normalized spacial score (nSPS) is 11.4. The average molecular weight is 546 g/mol. The molecule has 38 heavy (non-hydrogen) atoms. The summed E-state index contributed by atoms with van der Waals surface area (Å²) in [6.07, 6.45) is 5.38. The number of hydrogen-bond donors (Lipinski definition) is 2. The van der Waals surface area contributed by atoms with Crippen molar-refractivity contribution in [2.24, 2.45) is 12.8 Å². The van der Waals surface area contributed by atoms with Crippen molar-refractivity contribution in [2.75, 3.05) is 0 Å². The summed E-state index contributed by atoms with van der Waals surface area (Å²) in [5, 5.41) is 2.26. The molecule has 3 heterocycles. The second-order valence-corrected chi connectivity index (χ2v) is 11.1. The molecule has 0 radical (unpaired) electrons. The Balaban J connectivity index is 0.000000190. The molecule has 0 saturated carbocycles. The summed E-state index contributed by atoms with van der Waals surface area (Å²) in [6.45, 7) is 0.520. The number of nitrogens with two attached hydrogens (primary N) is 1. The first-order chi connectivity index (χ1) is 18.2. The second kappa shape index (κ2) is 10.2. The van der Waals surface area contributed by atoms with Crippen LogP contribution in [0.2, 0.25) is 5.02 Å². The predicted molar refractivity (Wildman–Crippen MR) is 148 cm³/mol. The maximum absolute atomic E-state index is 13.1. The first-order valence-corrected chi connectivity index (χ1v) is 13.5. The maximum atomic E-state index is 13.1. The van der Waals surface area contributed by atoms with E-state index in [1.807, 2.05) is 58.8 Å². The van der Waals surface area contributed by atoms with Crippen LogP contribution in [-0.4, -0.2) is 33.4 Å². The summed E-state index contributed by atoms with van der Waals surface area (Å²) >= 11 is 5.78. The molecule has 0 spiro atoms. The number of aryl methyl sites for hydroxylation is 1. The van der Waals surface area contributed by atoms with Crippen molar-refractivity contribution < 1.29 is 13.2 Å². The van der Waals surface area contributed by atoms with Gasteiger partial charge in [-0.2, -0.15) is 0 Å². The van der Waals surface area contributed by atoms with Gasteiger partial charge in [0.05, 0.1) is 28.4 Å². The molecule has 0 aliphatic carbocycles. The second-order valence-electron chi connectivity index (χ2n) is 8.76. The number of rotatable bonds is 5. The van der Waals surface area contributed by atoms with Gasteiger partial charge < -0.3 is 19.9 Å². The quantitative estimate of drug-likeness (QED) is 0.310.